The van der Waals surface area contributed by atoms with Gasteiger partial charge >= 0.3 is 0 Å². The summed E-state index contributed by atoms with van der Waals surface area (Å²) >= 11 is 0. The largest absolute Gasteiger partial charge is 0.319 e. The lowest BCUT2D eigenvalue weighted by Crippen LogP contribution is -2.20. The Morgan fingerprint density at radius 3 is 2.82 bits per heavy atom. The maximum absolute atomic E-state index is 3.28. The molecule has 0 bridgehead atoms. The van der Waals surface area contributed by atoms with Gasteiger partial charge < -0.3 is 5.32 Å². The Balaban J connectivity index is 2.00. The summed E-state index contributed by atoms with van der Waals surface area (Å²) in [5.41, 5.74) is 6.79. The summed E-state index contributed by atoms with van der Waals surface area (Å²) in [5, 5.41) is 3.28. The topological polar surface area (TPSA) is 12.0 Å². The predicted molar refractivity (Wildman–Crippen MR) is 72.7 cm³/mol. The lowest BCUT2D eigenvalue weighted by atomic mass is 9.72. The number of benzene rings is 1. The first-order chi connectivity index (χ1) is 8.40. The Morgan fingerprint density at radius 1 is 1.18 bits per heavy atom. The van der Waals surface area contributed by atoms with E-state index in [2.05, 4.69) is 17.4 Å². The highest BCUT2D eigenvalue weighted by Gasteiger charge is 2.27. The van der Waals surface area contributed by atoms with Crippen molar-refractivity contribution in [3.8, 4) is 0 Å². The summed E-state index contributed by atoms with van der Waals surface area (Å²) in [6, 6.07) is 4.82. The molecule has 0 spiro atoms. The van der Waals surface area contributed by atoms with Gasteiger partial charge in [0.25, 0.3) is 0 Å². The van der Waals surface area contributed by atoms with Crippen molar-refractivity contribution in [1.29, 1.82) is 0 Å². The normalized spacial score (nSPS) is 22.3. The van der Waals surface area contributed by atoms with Crippen LogP contribution in [0.1, 0.15) is 53.9 Å². The van der Waals surface area contributed by atoms with Crippen LogP contribution in [0.2, 0.25) is 0 Å². The van der Waals surface area contributed by atoms with Crippen LogP contribution in [0.4, 0.5) is 0 Å². The number of nitrogens with one attached hydrogen (secondary N) is 1. The predicted octanol–water partition coefficient (Wildman–Crippen LogP) is 3.20. The molecule has 1 aromatic carbocycles. The van der Waals surface area contributed by atoms with Gasteiger partial charge in [-0.15, -0.1) is 0 Å². The molecule has 0 saturated carbocycles. The van der Waals surface area contributed by atoms with Crippen LogP contribution in [0, 0.1) is 0 Å². The molecule has 3 rings (SSSR count). The van der Waals surface area contributed by atoms with E-state index >= 15 is 0 Å². The SMILES string of the molecule is CNCCc1ccc2c3c1CCCC3CCC2. The zero-order valence-electron chi connectivity index (χ0n) is 10.9. The van der Waals surface area contributed by atoms with E-state index in [0.717, 1.165) is 12.5 Å². The van der Waals surface area contributed by atoms with Gasteiger partial charge in [0.15, 0.2) is 0 Å². The van der Waals surface area contributed by atoms with E-state index in [9.17, 15) is 0 Å². The molecule has 0 heterocycles. The molecule has 0 radical (unpaired) electrons. The van der Waals surface area contributed by atoms with E-state index in [4.69, 9.17) is 0 Å². The minimum atomic E-state index is 0.900. The lowest BCUT2D eigenvalue weighted by molar-refractivity contribution is 0.474. The Kier molecular flexibility index (Phi) is 3.19. The van der Waals surface area contributed by atoms with Crippen LogP contribution >= 0.6 is 0 Å². The summed E-state index contributed by atoms with van der Waals surface area (Å²) in [4.78, 5) is 0. The second kappa shape index (κ2) is 4.81. The van der Waals surface area contributed by atoms with Crippen molar-refractivity contribution in [2.45, 2.75) is 50.9 Å². The summed E-state index contributed by atoms with van der Waals surface area (Å²) in [7, 11) is 2.05. The average Bonchev–Trinajstić information content (AvgIpc) is 2.39. The second-order valence-corrected chi connectivity index (χ2v) is 5.61. The van der Waals surface area contributed by atoms with Crippen molar-refractivity contribution in [3.05, 3.63) is 34.4 Å². The average molecular weight is 229 g/mol. The van der Waals surface area contributed by atoms with Crippen LogP contribution in [0.3, 0.4) is 0 Å². The van der Waals surface area contributed by atoms with E-state index in [1.807, 2.05) is 7.05 Å². The van der Waals surface area contributed by atoms with E-state index in [-0.39, 0.29) is 0 Å². The minimum absolute atomic E-state index is 0.900. The van der Waals surface area contributed by atoms with Crippen LogP contribution < -0.4 is 5.32 Å². The highest BCUT2D eigenvalue weighted by atomic mass is 14.8. The number of hydrogen-bond acceptors (Lipinski definition) is 1. The van der Waals surface area contributed by atoms with Gasteiger partial charge in [-0.2, -0.15) is 0 Å². The molecule has 0 amide bonds. The van der Waals surface area contributed by atoms with Gasteiger partial charge in [0.2, 0.25) is 0 Å². The first-order valence-corrected chi connectivity index (χ1v) is 7.18. The van der Waals surface area contributed by atoms with Gasteiger partial charge in [-0.3, -0.25) is 0 Å². The van der Waals surface area contributed by atoms with Crippen molar-refractivity contribution in [1.82, 2.24) is 5.32 Å². The van der Waals surface area contributed by atoms with Crippen LogP contribution in [0.15, 0.2) is 12.1 Å². The first-order valence-electron chi connectivity index (χ1n) is 7.18. The van der Waals surface area contributed by atoms with E-state index in [1.54, 1.807) is 22.3 Å². The highest BCUT2D eigenvalue weighted by molar-refractivity contribution is 5.46. The zero-order valence-corrected chi connectivity index (χ0v) is 10.9. The smallest absolute Gasteiger partial charge is 0.00113 e. The Bertz CT molecular complexity index is 406. The van der Waals surface area contributed by atoms with Gasteiger partial charge in [0.05, 0.1) is 0 Å². The van der Waals surface area contributed by atoms with Crippen molar-refractivity contribution >= 4 is 0 Å². The molecule has 0 fully saturated rings. The van der Waals surface area contributed by atoms with Gasteiger partial charge in [0, 0.05) is 0 Å². The molecule has 1 N–H and O–H groups in total. The number of likely N-dealkylation sites (N-methyl/N-ethyl adjacent to an activating group) is 1. The van der Waals surface area contributed by atoms with E-state index < -0.39 is 0 Å². The third kappa shape index (κ3) is 2.01. The van der Waals surface area contributed by atoms with Gasteiger partial charge in [0.1, 0.15) is 0 Å². The van der Waals surface area contributed by atoms with Crippen LogP contribution in [-0.2, 0) is 19.3 Å². The van der Waals surface area contributed by atoms with Crippen molar-refractivity contribution in [2.24, 2.45) is 0 Å². The third-order valence-electron chi connectivity index (χ3n) is 4.58. The number of hydrogen-bond donors (Lipinski definition) is 1. The van der Waals surface area contributed by atoms with E-state index in [0.29, 0.717) is 0 Å². The first kappa shape index (κ1) is 11.3. The lowest BCUT2D eigenvalue weighted by Gasteiger charge is -2.33. The fraction of sp³-hybridized carbons (Fsp3) is 0.625. The second-order valence-electron chi connectivity index (χ2n) is 5.61. The molecule has 1 nitrogen and oxygen atoms in total. The van der Waals surface area contributed by atoms with Crippen LogP contribution in [-0.4, -0.2) is 13.6 Å². The van der Waals surface area contributed by atoms with Gasteiger partial charge in [-0.1, -0.05) is 12.1 Å². The summed E-state index contributed by atoms with van der Waals surface area (Å²) in [5.74, 6) is 0.900. The molecule has 2 aliphatic carbocycles. The van der Waals surface area contributed by atoms with Crippen LogP contribution in [0.25, 0.3) is 0 Å². The Hall–Kier alpha value is -0.820. The molecule has 2 aliphatic rings. The van der Waals surface area contributed by atoms with E-state index in [1.165, 1.54) is 44.9 Å². The van der Waals surface area contributed by atoms with Gasteiger partial charge in [-0.05, 0) is 86.7 Å². The molecule has 0 aliphatic heterocycles. The molecule has 17 heavy (non-hydrogen) atoms. The monoisotopic (exact) mass is 229 g/mol. The van der Waals surface area contributed by atoms with Gasteiger partial charge in [-0.25, -0.2) is 0 Å². The fourth-order valence-corrected chi connectivity index (χ4v) is 3.77. The maximum atomic E-state index is 3.28. The summed E-state index contributed by atoms with van der Waals surface area (Å²) in [6.45, 7) is 1.11. The Labute approximate surface area is 105 Å². The molecule has 0 aromatic heterocycles. The fourth-order valence-electron chi connectivity index (χ4n) is 3.77. The number of rotatable bonds is 3. The summed E-state index contributed by atoms with van der Waals surface area (Å²) < 4.78 is 0. The molecular formula is C16H23N. The van der Waals surface area contributed by atoms with Crippen LogP contribution in [0.5, 0.6) is 0 Å². The molecule has 92 valence electrons. The van der Waals surface area contributed by atoms with Crippen molar-refractivity contribution in [2.75, 3.05) is 13.6 Å². The molecule has 0 saturated heterocycles. The Morgan fingerprint density at radius 2 is 2.00 bits per heavy atom. The zero-order chi connectivity index (χ0) is 11.7. The third-order valence-corrected chi connectivity index (χ3v) is 4.58. The standard InChI is InChI=1S/C16H23N/c1-17-11-10-12-8-9-14-5-2-4-13-6-3-7-15(12)16(13)14/h8-9,13,17H,2-7,10-11H2,1H3. The maximum Gasteiger partial charge on any atom is -0.00113 e. The summed E-state index contributed by atoms with van der Waals surface area (Å²) in [6.07, 6.45) is 9.56. The van der Waals surface area contributed by atoms with Crippen molar-refractivity contribution < 1.29 is 0 Å². The highest BCUT2D eigenvalue weighted by Crippen LogP contribution is 2.42. The minimum Gasteiger partial charge on any atom is -0.319 e. The molecule has 1 atom stereocenters. The molecule has 1 aromatic rings. The number of aryl methyl sites for hydroxylation is 1. The molecular weight excluding hydrogens is 206 g/mol. The molecule has 1 unspecified atom stereocenters. The van der Waals surface area contributed by atoms with Crippen molar-refractivity contribution in [3.63, 3.8) is 0 Å². The molecule has 1 heteroatoms. The quantitative estimate of drug-likeness (QED) is 0.839.